The second-order valence-electron chi connectivity index (χ2n) is 7.93. The number of aryl methyl sites for hydroxylation is 1. The zero-order chi connectivity index (χ0) is 19.0. The molecule has 0 spiro atoms. The summed E-state index contributed by atoms with van der Waals surface area (Å²) in [5.74, 6) is 0.891. The highest BCUT2D eigenvalue weighted by atomic mass is 32.2. The third-order valence-electron chi connectivity index (χ3n) is 5.90. The van der Waals surface area contributed by atoms with Gasteiger partial charge in [0, 0.05) is 17.4 Å². The minimum absolute atomic E-state index is 0.0454. The molecule has 5 nitrogen and oxygen atoms in total. The summed E-state index contributed by atoms with van der Waals surface area (Å²) in [4.78, 5) is 19.0. The summed E-state index contributed by atoms with van der Waals surface area (Å²) >= 11 is 1.46. The van der Waals surface area contributed by atoms with Gasteiger partial charge in [0.1, 0.15) is 0 Å². The van der Waals surface area contributed by atoms with Crippen LogP contribution in [0.1, 0.15) is 44.1 Å². The highest BCUT2D eigenvalue weighted by Crippen LogP contribution is 2.42. The molecule has 1 aromatic carbocycles. The van der Waals surface area contributed by atoms with Crippen molar-refractivity contribution >= 4 is 38.4 Å². The largest absolute Gasteiger partial charge is 0.315 e. The molecule has 4 rings (SSSR count). The molecule has 0 radical (unpaired) electrons. The molecule has 1 amide bonds. The number of rotatable bonds is 4. The van der Waals surface area contributed by atoms with Crippen molar-refractivity contribution in [1.29, 1.82) is 0 Å². The van der Waals surface area contributed by atoms with Crippen LogP contribution in [0.15, 0.2) is 29.3 Å². The van der Waals surface area contributed by atoms with Crippen molar-refractivity contribution in [3.63, 3.8) is 0 Å². The fourth-order valence-electron chi connectivity index (χ4n) is 4.47. The minimum atomic E-state index is -3.03. The van der Waals surface area contributed by atoms with Crippen LogP contribution in [0.5, 0.6) is 0 Å². The molecule has 0 aromatic heterocycles. The number of benzene rings is 1. The Morgan fingerprint density at radius 1 is 1.22 bits per heavy atom. The molecule has 146 valence electrons. The number of amidine groups is 1. The van der Waals surface area contributed by atoms with Crippen LogP contribution in [-0.2, 0) is 14.6 Å². The predicted molar refractivity (Wildman–Crippen MR) is 111 cm³/mol. The van der Waals surface area contributed by atoms with Gasteiger partial charge in [-0.3, -0.25) is 4.79 Å². The zero-order valence-corrected chi connectivity index (χ0v) is 17.3. The average Bonchev–Trinajstić information content (AvgIpc) is 3.29. The van der Waals surface area contributed by atoms with Gasteiger partial charge in [0.25, 0.3) is 0 Å². The van der Waals surface area contributed by atoms with Gasteiger partial charge in [-0.25, -0.2) is 8.42 Å². The van der Waals surface area contributed by atoms with Crippen LogP contribution in [0.3, 0.4) is 0 Å². The minimum Gasteiger partial charge on any atom is -0.315 e. The van der Waals surface area contributed by atoms with Crippen LogP contribution >= 0.6 is 11.8 Å². The summed E-state index contributed by atoms with van der Waals surface area (Å²) in [5.41, 5.74) is 2.02. The Bertz CT molecular complexity index is 860. The van der Waals surface area contributed by atoms with Crippen molar-refractivity contribution in [3.05, 3.63) is 29.8 Å². The summed E-state index contributed by atoms with van der Waals surface area (Å²) in [6.07, 6.45) is 6.44. The van der Waals surface area contributed by atoms with E-state index in [1.807, 2.05) is 36.1 Å². The fourth-order valence-corrected chi connectivity index (χ4v) is 8.39. The molecular formula is C20H26N2O3S2. The van der Waals surface area contributed by atoms with Crippen LogP contribution in [0, 0.1) is 12.8 Å². The summed E-state index contributed by atoms with van der Waals surface area (Å²) in [5, 5.41) is 0.626. The predicted octanol–water partition coefficient (Wildman–Crippen LogP) is 3.57. The van der Waals surface area contributed by atoms with Gasteiger partial charge in [-0.05, 0) is 30.9 Å². The molecule has 1 aromatic rings. The third kappa shape index (κ3) is 4.09. The Morgan fingerprint density at radius 2 is 1.96 bits per heavy atom. The van der Waals surface area contributed by atoms with Gasteiger partial charge in [0.15, 0.2) is 15.0 Å². The number of carbonyl (C=O) groups is 1. The van der Waals surface area contributed by atoms with E-state index in [-0.39, 0.29) is 28.7 Å². The molecule has 3 aliphatic rings. The Kier molecular flexibility index (Phi) is 5.34. The lowest BCUT2D eigenvalue weighted by Crippen LogP contribution is -2.38. The lowest BCUT2D eigenvalue weighted by atomic mass is 10.0. The van der Waals surface area contributed by atoms with Crippen molar-refractivity contribution < 1.29 is 13.2 Å². The smallest absolute Gasteiger partial charge is 0.248 e. The summed E-state index contributed by atoms with van der Waals surface area (Å²) in [6.45, 7) is 2.01. The molecule has 1 aliphatic carbocycles. The molecule has 7 heteroatoms. The number of fused-ring (bicyclic) bond motifs is 1. The number of amides is 1. The highest BCUT2D eigenvalue weighted by Gasteiger charge is 2.49. The van der Waals surface area contributed by atoms with Gasteiger partial charge in [0.05, 0.1) is 17.5 Å². The lowest BCUT2D eigenvalue weighted by Gasteiger charge is -2.26. The number of para-hydroxylation sites is 1. The molecule has 2 saturated heterocycles. The van der Waals surface area contributed by atoms with Gasteiger partial charge in [-0.1, -0.05) is 55.6 Å². The lowest BCUT2D eigenvalue weighted by molar-refractivity contribution is -0.118. The van der Waals surface area contributed by atoms with Gasteiger partial charge in [-0.2, -0.15) is 4.99 Å². The number of aliphatic imine (C=N–C) groups is 1. The maximum absolute atomic E-state index is 12.5. The Labute approximate surface area is 165 Å². The molecule has 2 unspecified atom stereocenters. The number of anilines is 1. The maximum atomic E-state index is 12.5. The summed E-state index contributed by atoms with van der Waals surface area (Å²) in [6, 6.07) is 7.78. The van der Waals surface area contributed by atoms with E-state index in [4.69, 9.17) is 0 Å². The molecule has 2 heterocycles. The molecular weight excluding hydrogens is 380 g/mol. The molecule has 3 fully saturated rings. The summed E-state index contributed by atoms with van der Waals surface area (Å²) in [7, 11) is -3.03. The van der Waals surface area contributed by atoms with Gasteiger partial charge < -0.3 is 4.90 Å². The fraction of sp³-hybridized carbons (Fsp3) is 0.600. The van der Waals surface area contributed by atoms with E-state index < -0.39 is 9.84 Å². The average molecular weight is 407 g/mol. The third-order valence-corrected chi connectivity index (χ3v) is 9.11. The molecule has 0 N–H and O–H groups in total. The van der Waals surface area contributed by atoms with Crippen LogP contribution in [0.4, 0.5) is 5.69 Å². The van der Waals surface area contributed by atoms with E-state index in [1.54, 1.807) is 0 Å². The van der Waals surface area contributed by atoms with Gasteiger partial charge in [-0.15, -0.1) is 0 Å². The molecule has 2 aliphatic heterocycles. The topological polar surface area (TPSA) is 66.8 Å². The van der Waals surface area contributed by atoms with Gasteiger partial charge in [0.2, 0.25) is 5.91 Å². The van der Waals surface area contributed by atoms with E-state index in [1.165, 1.54) is 37.4 Å². The van der Waals surface area contributed by atoms with E-state index in [0.717, 1.165) is 17.7 Å². The Hall–Kier alpha value is -1.34. The van der Waals surface area contributed by atoms with E-state index in [2.05, 4.69) is 4.99 Å². The van der Waals surface area contributed by atoms with Crippen molar-refractivity contribution in [3.8, 4) is 0 Å². The summed E-state index contributed by atoms with van der Waals surface area (Å²) < 4.78 is 24.3. The molecule has 2 atom stereocenters. The molecule has 27 heavy (non-hydrogen) atoms. The van der Waals surface area contributed by atoms with E-state index in [9.17, 15) is 13.2 Å². The van der Waals surface area contributed by atoms with E-state index in [0.29, 0.717) is 17.5 Å². The Balaban J connectivity index is 1.57. The first-order chi connectivity index (χ1) is 12.9. The number of sulfone groups is 1. The Morgan fingerprint density at radius 3 is 2.70 bits per heavy atom. The SMILES string of the molecule is Cc1ccccc1N1C(=NC(=O)CCC2CCCC2)SC2CS(=O)(=O)CC21. The first-order valence-electron chi connectivity index (χ1n) is 9.76. The zero-order valence-electron chi connectivity index (χ0n) is 15.6. The van der Waals surface area contributed by atoms with Crippen molar-refractivity contribution in [2.24, 2.45) is 10.9 Å². The number of thioether (sulfide) groups is 1. The normalized spacial score (nSPS) is 28.8. The molecule has 0 bridgehead atoms. The first kappa shape index (κ1) is 19.0. The first-order valence-corrected chi connectivity index (χ1v) is 12.5. The van der Waals surface area contributed by atoms with Crippen molar-refractivity contribution in [2.75, 3.05) is 16.4 Å². The van der Waals surface area contributed by atoms with Crippen LogP contribution < -0.4 is 4.90 Å². The number of nitrogens with zero attached hydrogens (tertiary/aromatic N) is 2. The van der Waals surface area contributed by atoms with Crippen LogP contribution in [0.2, 0.25) is 0 Å². The highest BCUT2D eigenvalue weighted by molar-refractivity contribution is 8.16. The van der Waals surface area contributed by atoms with E-state index >= 15 is 0 Å². The monoisotopic (exact) mass is 406 g/mol. The van der Waals surface area contributed by atoms with Crippen LogP contribution in [0.25, 0.3) is 0 Å². The second kappa shape index (κ2) is 7.59. The number of hydrogen-bond acceptors (Lipinski definition) is 4. The second-order valence-corrected chi connectivity index (χ2v) is 11.3. The van der Waals surface area contributed by atoms with Crippen molar-refractivity contribution in [1.82, 2.24) is 0 Å². The number of carbonyl (C=O) groups excluding carboxylic acids is 1. The van der Waals surface area contributed by atoms with Gasteiger partial charge >= 0.3 is 0 Å². The standard InChI is InChI=1S/C20H26N2O3S2/c1-14-6-2-5-9-16(14)22-17-12-27(24,25)13-18(17)26-20(22)21-19(23)11-10-15-7-3-4-8-15/h2,5-6,9,15,17-18H,3-4,7-8,10-13H2,1H3. The van der Waals surface area contributed by atoms with Crippen molar-refractivity contribution in [2.45, 2.75) is 56.7 Å². The van der Waals surface area contributed by atoms with Crippen LogP contribution in [-0.4, -0.2) is 42.3 Å². The quantitative estimate of drug-likeness (QED) is 0.765. The molecule has 1 saturated carbocycles. The number of hydrogen-bond donors (Lipinski definition) is 0. The maximum Gasteiger partial charge on any atom is 0.248 e.